The Labute approximate surface area is 206 Å². The van der Waals surface area contributed by atoms with Crippen molar-refractivity contribution in [3.63, 3.8) is 0 Å². The molecule has 0 unspecified atom stereocenters. The lowest BCUT2D eigenvalue weighted by Gasteiger charge is -2.07. The maximum absolute atomic E-state index is 12.9. The second-order valence-electron chi connectivity index (χ2n) is 8.22. The number of aryl methyl sites for hydroxylation is 1. The van der Waals surface area contributed by atoms with Gasteiger partial charge in [0.05, 0.1) is 17.9 Å². The molecule has 0 atom stereocenters. The highest BCUT2D eigenvalue weighted by Crippen LogP contribution is 2.35. The summed E-state index contributed by atoms with van der Waals surface area (Å²) >= 11 is 1.41. The van der Waals surface area contributed by atoms with Crippen molar-refractivity contribution in [1.29, 1.82) is 0 Å². The van der Waals surface area contributed by atoms with Crippen molar-refractivity contribution in [2.24, 2.45) is 0 Å². The smallest absolute Gasteiger partial charge is 0.416 e. The predicted molar refractivity (Wildman–Crippen MR) is 131 cm³/mol. The molecule has 0 aliphatic carbocycles. The number of aromatic nitrogens is 1. The van der Waals surface area contributed by atoms with Crippen LogP contribution in [-0.2, 0) is 22.1 Å². The zero-order chi connectivity index (χ0) is 25.6. The molecule has 186 valence electrons. The van der Waals surface area contributed by atoms with Crippen molar-refractivity contribution in [2.45, 2.75) is 45.7 Å². The Bertz CT molecular complexity index is 1150. The highest BCUT2D eigenvalue weighted by atomic mass is 32.1. The normalized spacial score (nSPS) is 11.5. The van der Waals surface area contributed by atoms with Crippen LogP contribution >= 0.6 is 11.3 Å². The van der Waals surface area contributed by atoms with E-state index >= 15 is 0 Å². The van der Waals surface area contributed by atoms with Crippen LogP contribution in [0.1, 0.15) is 59.6 Å². The number of nitrogens with one attached hydrogen (secondary N) is 1. The molecule has 1 N–H and O–H groups in total. The number of esters is 1. The molecular formula is C26H27F3N2O3S. The molecule has 2 aromatic carbocycles. The van der Waals surface area contributed by atoms with Crippen molar-refractivity contribution in [3.05, 3.63) is 70.2 Å². The van der Waals surface area contributed by atoms with Crippen molar-refractivity contribution in [1.82, 2.24) is 4.98 Å². The molecule has 3 rings (SSSR count). The van der Waals surface area contributed by atoms with Crippen molar-refractivity contribution in [2.75, 3.05) is 18.5 Å². The second kappa shape index (κ2) is 11.5. The number of thiazole rings is 1. The molecule has 5 nitrogen and oxygen atoms in total. The quantitative estimate of drug-likeness (QED) is 0.245. The first kappa shape index (κ1) is 26.4. The molecular weight excluding hydrogens is 477 g/mol. The molecule has 0 bridgehead atoms. The Balaban J connectivity index is 1.66. The lowest BCUT2D eigenvalue weighted by Crippen LogP contribution is -2.16. The molecule has 0 aliphatic rings. The van der Waals surface area contributed by atoms with Crippen LogP contribution in [0.3, 0.4) is 0 Å². The van der Waals surface area contributed by atoms with E-state index in [1.165, 1.54) is 23.5 Å². The van der Waals surface area contributed by atoms with Gasteiger partial charge in [-0.2, -0.15) is 13.2 Å². The molecule has 0 spiro atoms. The first-order valence-corrected chi connectivity index (χ1v) is 12.1. The van der Waals surface area contributed by atoms with Crippen LogP contribution in [-0.4, -0.2) is 29.9 Å². The van der Waals surface area contributed by atoms with Gasteiger partial charge in [0.2, 0.25) is 0 Å². The molecule has 0 amide bonds. The Morgan fingerprint density at radius 1 is 1.06 bits per heavy atom. The third-order valence-corrected chi connectivity index (χ3v) is 6.44. The number of rotatable bonds is 10. The van der Waals surface area contributed by atoms with E-state index < -0.39 is 11.7 Å². The van der Waals surface area contributed by atoms with Crippen LogP contribution in [0.15, 0.2) is 48.5 Å². The molecule has 0 fully saturated rings. The summed E-state index contributed by atoms with van der Waals surface area (Å²) < 4.78 is 43.5. The van der Waals surface area contributed by atoms with Gasteiger partial charge in [0.1, 0.15) is 11.6 Å². The largest absolute Gasteiger partial charge is 0.465 e. The second-order valence-corrected chi connectivity index (χ2v) is 9.30. The van der Waals surface area contributed by atoms with E-state index in [0.717, 1.165) is 22.7 Å². The van der Waals surface area contributed by atoms with Crippen LogP contribution in [0, 0.1) is 0 Å². The van der Waals surface area contributed by atoms with Gasteiger partial charge in [-0.3, -0.25) is 9.59 Å². The number of anilines is 1. The fraction of sp³-hybridized carbons (Fsp3) is 0.346. The zero-order valence-electron chi connectivity index (χ0n) is 19.7. The molecule has 0 aliphatic heterocycles. The lowest BCUT2D eigenvalue weighted by atomic mass is 10.0. The van der Waals surface area contributed by atoms with Gasteiger partial charge in [-0.05, 0) is 55.7 Å². The molecule has 0 radical (unpaired) electrons. The zero-order valence-corrected chi connectivity index (χ0v) is 20.6. The van der Waals surface area contributed by atoms with Gasteiger partial charge >= 0.3 is 12.1 Å². The minimum Gasteiger partial charge on any atom is -0.465 e. The van der Waals surface area contributed by atoms with Crippen LogP contribution in [0.2, 0.25) is 0 Å². The van der Waals surface area contributed by atoms with Crippen LogP contribution in [0.5, 0.6) is 0 Å². The Kier molecular flexibility index (Phi) is 8.67. The average molecular weight is 505 g/mol. The van der Waals surface area contributed by atoms with Gasteiger partial charge < -0.3 is 10.1 Å². The maximum Gasteiger partial charge on any atom is 0.416 e. The van der Waals surface area contributed by atoms with E-state index in [-0.39, 0.29) is 30.6 Å². The van der Waals surface area contributed by atoms with Gasteiger partial charge in [-0.25, -0.2) is 4.98 Å². The summed E-state index contributed by atoms with van der Waals surface area (Å²) in [4.78, 5) is 29.8. The third kappa shape index (κ3) is 7.14. The number of benzene rings is 2. The van der Waals surface area contributed by atoms with Crippen molar-refractivity contribution >= 4 is 28.8 Å². The molecule has 9 heteroatoms. The van der Waals surface area contributed by atoms with Gasteiger partial charge in [0.15, 0.2) is 5.78 Å². The van der Waals surface area contributed by atoms with Crippen LogP contribution in [0.25, 0.3) is 10.6 Å². The van der Waals surface area contributed by atoms with E-state index in [1.54, 1.807) is 31.2 Å². The summed E-state index contributed by atoms with van der Waals surface area (Å²) in [5, 5.41) is 3.59. The summed E-state index contributed by atoms with van der Waals surface area (Å²) in [7, 11) is 0. The minimum atomic E-state index is -4.38. The molecule has 0 saturated carbocycles. The maximum atomic E-state index is 12.9. The number of ketones is 1. The third-order valence-electron chi connectivity index (χ3n) is 5.26. The van der Waals surface area contributed by atoms with E-state index in [2.05, 4.69) is 10.3 Å². The molecule has 35 heavy (non-hydrogen) atoms. The molecule has 1 heterocycles. The highest BCUT2D eigenvalue weighted by molar-refractivity contribution is 7.15. The minimum absolute atomic E-state index is 0.0267. The number of nitrogens with zero attached hydrogens (tertiary/aromatic N) is 1. The van der Waals surface area contributed by atoms with Crippen LogP contribution < -0.4 is 5.32 Å². The summed E-state index contributed by atoms with van der Waals surface area (Å²) in [6, 6.07) is 11.9. The number of hydrogen-bond donors (Lipinski definition) is 1. The van der Waals surface area contributed by atoms with Gasteiger partial charge in [-0.15, -0.1) is 11.3 Å². The summed E-state index contributed by atoms with van der Waals surface area (Å²) in [6.07, 6.45) is -3.61. The number of Topliss-reactive ketones (excluding diaryl/α,β-unsaturated/α-hetero) is 1. The fourth-order valence-electron chi connectivity index (χ4n) is 3.45. The van der Waals surface area contributed by atoms with E-state index in [1.807, 2.05) is 13.8 Å². The first-order valence-electron chi connectivity index (χ1n) is 11.3. The van der Waals surface area contributed by atoms with E-state index in [9.17, 15) is 22.8 Å². The monoisotopic (exact) mass is 504 g/mol. The Morgan fingerprint density at radius 2 is 1.71 bits per heavy atom. The van der Waals surface area contributed by atoms with Crippen molar-refractivity contribution in [3.8, 4) is 10.6 Å². The van der Waals surface area contributed by atoms with Gasteiger partial charge in [0.25, 0.3) is 0 Å². The molecule has 1 aromatic heterocycles. The molecule has 0 saturated heterocycles. The lowest BCUT2D eigenvalue weighted by molar-refractivity contribution is -0.141. The Hall–Kier alpha value is -3.20. The number of hydrogen-bond acceptors (Lipinski definition) is 6. The standard InChI is InChI=1S/C26H27F3N2O3S/c1-4-34-23(33)15-30-20-11-7-17(8-12-20)21(32)13-14-22-24(16(2)3)31-25(35-22)18-5-9-19(10-6-18)26(27,28)29/h5-12,16,30H,4,13-15H2,1-3H3. The Morgan fingerprint density at radius 3 is 2.29 bits per heavy atom. The number of ether oxygens (including phenoxy) is 1. The predicted octanol–water partition coefficient (Wildman–Crippen LogP) is 6.74. The molecule has 3 aromatic rings. The summed E-state index contributed by atoms with van der Waals surface area (Å²) in [6.45, 7) is 6.10. The highest BCUT2D eigenvalue weighted by Gasteiger charge is 2.30. The van der Waals surface area contributed by atoms with Crippen LogP contribution in [0.4, 0.5) is 18.9 Å². The van der Waals surface area contributed by atoms with Gasteiger partial charge in [0, 0.05) is 28.1 Å². The fourth-order valence-corrected chi connectivity index (χ4v) is 4.67. The van der Waals surface area contributed by atoms with E-state index in [0.29, 0.717) is 34.8 Å². The number of carbonyl (C=O) groups is 2. The summed E-state index contributed by atoms with van der Waals surface area (Å²) in [5.41, 5.74) is 2.05. The van der Waals surface area contributed by atoms with Gasteiger partial charge in [-0.1, -0.05) is 26.0 Å². The SMILES string of the molecule is CCOC(=O)CNc1ccc(C(=O)CCc2sc(-c3ccc(C(F)(F)F)cc3)nc2C(C)C)cc1. The average Bonchev–Trinajstić information content (AvgIpc) is 3.26. The number of halogens is 3. The number of alkyl halides is 3. The number of carbonyl (C=O) groups excluding carboxylic acids is 2. The van der Waals surface area contributed by atoms with Crippen molar-refractivity contribution < 1.29 is 27.5 Å². The summed E-state index contributed by atoms with van der Waals surface area (Å²) in [5.74, 6) is -0.265. The topological polar surface area (TPSA) is 68.3 Å². The van der Waals surface area contributed by atoms with E-state index in [4.69, 9.17) is 4.74 Å². The first-order chi connectivity index (χ1) is 16.6.